The molecule has 0 saturated heterocycles. The summed E-state index contributed by atoms with van der Waals surface area (Å²) in [5.74, 6) is -0.611. The molecule has 5 rings (SSSR count). The van der Waals surface area contributed by atoms with E-state index in [9.17, 15) is 14.7 Å². The van der Waals surface area contributed by atoms with Gasteiger partial charge in [-0.05, 0) is 61.0 Å². The van der Waals surface area contributed by atoms with Crippen molar-refractivity contribution in [3.05, 3.63) is 69.6 Å². The fourth-order valence-corrected chi connectivity index (χ4v) is 4.23. The molecule has 12 heteroatoms. The molecule has 36 heavy (non-hydrogen) atoms. The molecule has 1 aliphatic rings. The molecule has 4 N–H and O–H groups in total. The van der Waals surface area contributed by atoms with Crippen molar-refractivity contribution < 1.29 is 19.5 Å². The molecule has 0 bridgehead atoms. The summed E-state index contributed by atoms with van der Waals surface area (Å²) in [4.78, 5) is 39.3. The van der Waals surface area contributed by atoms with E-state index in [4.69, 9.17) is 16.4 Å². The molecule has 0 radical (unpaired) electrons. The average molecular weight is 508 g/mol. The van der Waals surface area contributed by atoms with Crippen LogP contribution in [0.15, 0.2) is 36.5 Å². The van der Waals surface area contributed by atoms with E-state index < -0.39 is 6.10 Å². The number of fused-ring (bicyclic) bond motifs is 2. The Balaban J connectivity index is 1.26. The summed E-state index contributed by atoms with van der Waals surface area (Å²) in [6.45, 7) is 3.38. The van der Waals surface area contributed by atoms with Crippen molar-refractivity contribution in [1.82, 2.24) is 30.4 Å². The van der Waals surface area contributed by atoms with Gasteiger partial charge in [0.25, 0.3) is 11.8 Å². The third-order valence-corrected chi connectivity index (χ3v) is 6.06. The Labute approximate surface area is 210 Å². The topological polar surface area (TPSA) is 147 Å². The smallest absolute Gasteiger partial charge is 0.256 e. The number of hydrogen-bond donors (Lipinski definition) is 4. The number of aromatic nitrogens is 5. The Kier molecular flexibility index (Phi) is 6.17. The SMILES string of the molecule is Cc1[nH]c(C=C2C(=O)Nc3ccc(Cl)cc32)c(C)c1C(=O)NCC(O)COn1nnc2cccnc21. The number of aliphatic hydroxyl groups is 1. The number of carbonyl (C=O) groups excluding carboxylic acids is 2. The van der Waals surface area contributed by atoms with E-state index in [1.54, 1.807) is 56.5 Å². The maximum atomic E-state index is 12.9. The van der Waals surface area contributed by atoms with Crippen LogP contribution in [0.4, 0.5) is 5.69 Å². The number of hydrogen-bond acceptors (Lipinski definition) is 7. The molecule has 3 aromatic heterocycles. The number of halogens is 1. The van der Waals surface area contributed by atoms with Crippen LogP contribution in [0.3, 0.4) is 0 Å². The van der Waals surface area contributed by atoms with Crippen molar-refractivity contribution in [2.75, 3.05) is 18.5 Å². The first kappa shape index (κ1) is 23.5. The quantitative estimate of drug-likeness (QED) is 0.280. The normalized spacial score (nSPS) is 14.7. The van der Waals surface area contributed by atoms with Crippen molar-refractivity contribution in [1.29, 1.82) is 0 Å². The summed E-state index contributed by atoms with van der Waals surface area (Å²) in [7, 11) is 0. The molecular weight excluding hydrogens is 486 g/mol. The van der Waals surface area contributed by atoms with Crippen LogP contribution in [0.1, 0.15) is 32.9 Å². The predicted octanol–water partition coefficient (Wildman–Crippen LogP) is 2.14. The number of pyridine rings is 1. The largest absolute Gasteiger partial charge is 0.391 e. The van der Waals surface area contributed by atoms with Gasteiger partial charge in [0.05, 0.1) is 11.1 Å². The van der Waals surface area contributed by atoms with Gasteiger partial charge in [0.2, 0.25) is 5.65 Å². The lowest BCUT2D eigenvalue weighted by molar-refractivity contribution is -0.110. The van der Waals surface area contributed by atoms with Gasteiger partial charge >= 0.3 is 0 Å². The van der Waals surface area contributed by atoms with E-state index in [2.05, 4.69) is 30.9 Å². The van der Waals surface area contributed by atoms with Gasteiger partial charge in [-0.25, -0.2) is 4.98 Å². The van der Waals surface area contributed by atoms with Gasteiger partial charge in [0.15, 0.2) is 0 Å². The fourth-order valence-electron chi connectivity index (χ4n) is 4.05. The van der Waals surface area contributed by atoms with Crippen molar-refractivity contribution in [2.24, 2.45) is 0 Å². The van der Waals surface area contributed by atoms with Crippen LogP contribution in [0.25, 0.3) is 22.8 Å². The second-order valence-electron chi connectivity index (χ2n) is 8.33. The van der Waals surface area contributed by atoms with E-state index in [0.717, 1.165) is 4.85 Å². The lowest BCUT2D eigenvalue weighted by Crippen LogP contribution is -2.37. The number of amides is 2. The average Bonchev–Trinajstić information content (AvgIpc) is 3.50. The van der Waals surface area contributed by atoms with Crippen LogP contribution in [0.5, 0.6) is 0 Å². The number of aliphatic hydroxyl groups excluding tert-OH is 1. The van der Waals surface area contributed by atoms with Crippen molar-refractivity contribution in [3.63, 3.8) is 0 Å². The van der Waals surface area contributed by atoms with Crippen LogP contribution >= 0.6 is 11.6 Å². The monoisotopic (exact) mass is 507 g/mol. The molecule has 11 nitrogen and oxygen atoms in total. The minimum Gasteiger partial charge on any atom is -0.391 e. The highest BCUT2D eigenvalue weighted by atomic mass is 35.5. The van der Waals surface area contributed by atoms with E-state index in [1.165, 1.54) is 0 Å². The minimum atomic E-state index is -0.999. The highest BCUT2D eigenvalue weighted by Crippen LogP contribution is 2.35. The van der Waals surface area contributed by atoms with Gasteiger partial charge in [-0.2, -0.15) is 0 Å². The molecule has 0 saturated carbocycles. The molecule has 184 valence electrons. The Morgan fingerprint density at radius 3 is 3.00 bits per heavy atom. The molecule has 2 amide bonds. The number of aromatic amines is 1. The highest BCUT2D eigenvalue weighted by Gasteiger charge is 2.26. The molecule has 4 heterocycles. The highest BCUT2D eigenvalue weighted by molar-refractivity contribution is 6.36. The number of nitrogens with zero attached hydrogens (tertiary/aromatic N) is 4. The van der Waals surface area contributed by atoms with E-state index >= 15 is 0 Å². The van der Waals surface area contributed by atoms with Crippen LogP contribution in [0, 0.1) is 13.8 Å². The third kappa shape index (κ3) is 4.41. The Hall–Kier alpha value is -4.22. The maximum absolute atomic E-state index is 12.9. The van der Waals surface area contributed by atoms with Crippen molar-refractivity contribution in [2.45, 2.75) is 20.0 Å². The molecular formula is C24H22ClN7O4. The lowest BCUT2D eigenvalue weighted by Gasteiger charge is -2.13. The molecule has 1 aliphatic heterocycles. The minimum absolute atomic E-state index is 0.0480. The van der Waals surface area contributed by atoms with Crippen LogP contribution < -0.4 is 15.5 Å². The lowest BCUT2D eigenvalue weighted by atomic mass is 10.0. The zero-order chi connectivity index (χ0) is 25.4. The molecule has 0 aliphatic carbocycles. The van der Waals surface area contributed by atoms with Gasteiger partial charge in [-0.15, -0.1) is 5.10 Å². The zero-order valence-corrected chi connectivity index (χ0v) is 20.1. The number of carbonyl (C=O) groups is 2. The van der Waals surface area contributed by atoms with E-state index in [1.807, 2.05) is 0 Å². The third-order valence-electron chi connectivity index (χ3n) is 5.82. The summed E-state index contributed by atoms with van der Waals surface area (Å²) < 4.78 is 0. The van der Waals surface area contributed by atoms with Gasteiger partial charge in [0.1, 0.15) is 18.2 Å². The van der Waals surface area contributed by atoms with Crippen LogP contribution in [-0.2, 0) is 4.79 Å². The molecule has 1 aromatic carbocycles. The molecule has 4 aromatic rings. The molecule has 0 fully saturated rings. The summed E-state index contributed by atoms with van der Waals surface area (Å²) in [5.41, 5.74) is 5.19. The van der Waals surface area contributed by atoms with Crippen LogP contribution in [-0.4, -0.2) is 61.3 Å². The standard InChI is InChI=1S/C24H22ClN7O4/c1-12-20(9-17-16-8-14(25)5-6-18(16)29-23(17)34)28-13(2)21(12)24(35)27-10-15(33)11-36-32-22-19(30-31-32)4-3-7-26-22/h3-9,15,28,33H,10-11H2,1-2H3,(H,27,35)(H,29,34). The number of aryl methyl sites for hydroxylation is 1. The number of rotatable bonds is 7. The second-order valence-corrected chi connectivity index (χ2v) is 8.77. The number of H-pyrrole nitrogens is 1. The van der Waals surface area contributed by atoms with Gasteiger partial charge < -0.3 is 25.6 Å². The first-order chi connectivity index (χ1) is 17.3. The maximum Gasteiger partial charge on any atom is 0.256 e. The molecule has 0 spiro atoms. The summed E-state index contributed by atoms with van der Waals surface area (Å²) >= 11 is 6.11. The summed E-state index contributed by atoms with van der Waals surface area (Å²) in [5, 5.41) is 24.1. The zero-order valence-electron chi connectivity index (χ0n) is 19.4. The predicted molar refractivity (Wildman–Crippen MR) is 133 cm³/mol. The Morgan fingerprint density at radius 1 is 1.33 bits per heavy atom. The molecule has 1 atom stereocenters. The van der Waals surface area contributed by atoms with Crippen molar-refractivity contribution in [3.8, 4) is 0 Å². The Morgan fingerprint density at radius 2 is 2.17 bits per heavy atom. The number of anilines is 1. The van der Waals surface area contributed by atoms with E-state index in [-0.39, 0.29) is 25.0 Å². The Bertz CT molecular complexity index is 1520. The molecule has 1 unspecified atom stereocenters. The van der Waals surface area contributed by atoms with Gasteiger partial charge in [-0.3, -0.25) is 9.59 Å². The van der Waals surface area contributed by atoms with Gasteiger partial charge in [0, 0.05) is 40.4 Å². The van der Waals surface area contributed by atoms with Crippen LogP contribution in [0.2, 0.25) is 5.02 Å². The fraction of sp³-hybridized carbons (Fsp3) is 0.208. The first-order valence-corrected chi connectivity index (χ1v) is 11.5. The van der Waals surface area contributed by atoms with Crippen molar-refractivity contribution >= 4 is 51.9 Å². The number of benzene rings is 1. The van der Waals surface area contributed by atoms with Gasteiger partial charge in [-0.1, -0.05) is 16.4 Å². The van der Waals surface area contributed by atoms with E-state index in [0.29, 0.717) is 55.5 Å². The summed E-state index contributed by atoms with van der Waals surface area (Å²) in [6, 6.07) is 8.65. The second kappa shape index (κ2) is 9.44. The first-order valence-electron chi connectivity index (χ1n) is 11.1. The summed E-state index contributed by atoms with van der Waals surface area (Å²) in [6.07, 6.45) is 2.29. The number of nitrogens with one attached hydrogen (secondary N) is 3.